The number of nitrogens with zero attached hydrogens (tertiary/aromatic N) is 3. The monoisotopic (exact) mass is 311 g/mol. The Morgan fingerprint density at radius 2 is 1.87 bits per heavy atom. The number of rotatable bonds is 4. The van der Waals surface area contributed by atoms with E-state index in [1.165, 1.54) is 30.3 Å². The van der Waals surface area contributed by atoms with Crippen LogP contribution in [0.15, 0.2) is 42.5 Å². The number of nitro benzene ring substituents is 2. The highest BCUT2D eigenvalue weighted by atomic mass is 16.6. The topological polar surface area (TPSA) is 130 Å². The number of non-ortho nitro benzene ring substituents is 1. The second kappa shape index (κ2) is 6.36. The summed E-state index contributed by atoms with van der Waals surface area (Å²) in [5, 5.41) is 40.5. The van der Waals surface area contributed by atoms with E-state index in [9.17, 15) is 30.6 Å². The normalized spacial score (nSPS) is 10.8. The molecular formula is C15H9N3O5. The van der Waals surface area contributed by atoms with Gasteiger partial charge in [0.15, 0.2) is 0 Å². The third-order valence-corrected chi connectivity index (χ3v) is 3.00. The Bertz CT molecular complexity index is 868. The van der Waals surface area contributed by atoms with Crippen LogP contribution in [0.2, 0.25) is 0 Å². The van der Waals surface area contributed by atoms with Gasteiger partial charge < -0.3 is 5.11 Å². The van der Waals surface area contributed by atoms with Crippen molar-refractivity contribution >= 4 is 23.0 Å². The van der Waals surface area contributed by atoms with Gasteiger partial charge in [-0.3, -0.25) is 20.2 Å². The Kier molecular flexibility index (Phi) is 4.33. The molecule has 8 heteroatoms. The van der Waals surface area contributed by atoms with Crippen LogP contribution in [0.3, 0.4) is 0 Å². The van der Waals surface area contributed by atoms with E-state index in [4.69, 9.17) is 0 Å². The maximum Gasteiger partial charge on any atom is 0.276 e. The van der Waals surface area contributed by atoms with E-state index >= 15 is 0 Å². The minimum Gasteiger partial charge on any atom is -0.508 e. The minimum atomic E-state index is -0.645. The molecule has 2 aromatic rings. The minimum absolute atomic E-state index is 0.00222. The third-order valence-electron chi connectivity index (χ3n) is 3.00. The lowest BCUT2D eigenvalue weighted by molar-refractivity contribution is -0.385. The van der Waals surface area contributed by atoms with Crippen molar-refractivity contribution in [1.82, 2.24) is 0 Å². The molecule has 0 unspecified atom stereocenters. The molecule has 0 spiro atoms. The Morgan fingerprint density at radius 1 is 1.13 bits per heavy atom. The molecule has 0 saturated heterocycles. The number of phenolic OH excluding ortho intramolecular Hbond substituents is 1. The van der Waals surface area contributed by atoms with Crippen molar-refractivity contribution in [1.29, 1.82) is 5.26 Å². The average molecular weight is 311 g/mol. The van der Waals surface area contributed by atoms with Gasteiger partial charge in [-0.2, -0.15) is 5.26 Å². The van der Waals surface area contributed by atoms with Crippen LogP contribution in [-0.2, 0) is 0 Å². The molecule has 0 aliphatic carbocycles. The average Bonchev–Trinajstić information content (AvgIpc) is 2.52. The number of nitriles is 1. The molecule has 114 valence electrons. The van der Waals surface area contributed by atoms with Gasteiger partial charge in [-0.05, 0) is 23.8 Å². The molecule has 0 amide bonds. The molecule has 0 heterocycles. The molecule has 23 heavy (non-hydrogen) atoms. The van der Waals surface area contributed by atoms with Crippen LogP contribution in [0.4, 0.5) is 11.4 Å². The van der Waals surface area contributed by atoms with Crippen LogP contribution in [0.5, 0.6) is 5.75 Å². The van der Waals surface area contributed by atoms with Crippen molar-refractivity contribution in [2.45, 2.75) is 0 Å². The van der Waals surface area contributed by atoms with Gasteiger partial charge in [-0.15, -0.1) is 0 Å². The van der Waals surface area contributed by atoms with E-state index in [0.717, 1.165) is 18.2 Å². The molecule has 0 atom stereocenters. The second-order valence-corrected chi connectivity index (χ2v) is 4.48. The number of benzene rings is 2. The lowest BCUT2D eigenvalue weighted by Crippen LogP contribution is -1.93. The summed E-state index contributed by atoms with van der Waals surface area (Å²) in [7, 11) is 0. The maximum atomic E-state index is 11.0. The summed E-state index contributed by atoms with van der Waals surface area (Å²) in [6, 6.07) is 10.6. The zero-order valence-electron chi connectivity index (χ0n) is 11.5. The smallest absolute Gasteiger partial charge is 0.276 e. The fourth-order valence-electron chi connectivity index (χ4n) is 1.95. The molecule has 2 aromatic carbocycles. The fourth-order valence-corrected chi connectivity index (χ4v) is 1.95. The van der Waals surface area contributed by atoms with Crippen molar-refractivity contribution in [3.8, 4) is 11.8 Å². The van der Waals surface area contributed by atoms with Crippen molar-refractivity contribution in [2.75, 3.05) is 0 Å². The summed E-state index contributed by atoms with van der Waals surface area (Å²) in [5.74, 6) is -0.196. The molecule has 0 aromatic heterocycles. The zero-order chi connectivity index (χ0) is 17.0. The van der Waals surface area contributed by atoms with Crippen LogP contribution >= 0.6 is 0 Å². The van der Waals surface area contributed by atoms with Crippen LogP contribution in [0.25, 0.3) is 11.6 Å². The Morgan fingerprint density at radius 3 is 2.48 bits per heavy atom. The van der Waals surface area contributed by atoms with Crippen LogP contribution in [-0.4, -0.2) is 15.0 Å². The molecule has 0 aliphatic rings. The lowest BCUT2D eigenvalue weighted by atomic mass is 10.0. The van der Waals surface area contributed by atoms with Gasteiger partial charge in [0.25, 0.3) is 11.4 Å². The zero-order valence-corrected chi connectivity index (χ0v) is 11.5. The molecule has 0 bridgehead atoms. The summed E-state index contributed by atoms with van der Waals surface area (Å²) < 4.78 is 0. The van der Waals surface area contributed by atoms with Crippen molar-refractivity contribution in [3.63, 3.8) is 0 Å². The predicted molar refractivity (Wildman–Crippen MR) is 81.3 cm³/mol. The highest BCUT2D eigenvalue weighted by molar-refractivity contribution is 5.91. The Hall–Kier alpha value is -3.73. The second-order valence-electron chi connectivity index (χ2n) is 4.48. The van der Waals surface area contributed by atoms with Crippen LogP contribution in [0.1, 0.15) is 11.1 Å². The van der Waals surface area contributed by atoms with E-state index in [2.05, 4.69) is 0 Å². The molecule has 0 aliphatic heterocycles. The quantitative estimate of drug-likeness (QED) is 0.399. The Balaban J connectivity index is 2.58. The number of phenols is 1. The SMILES string of the molecule is N#CC(=Cc1cc(O)ccc1[N+](=O)[O-])c1cccc([N+](=O)[O-])c1. The van der Waals surface area contributed by atoms with Gasteiger partial charge in [-0.1, -0.05) is 12.1 Å². The van der Waals surface area contributed by atoms with Gasteiger partial charge in [0.2, 0.25) is 0 Å². The molecule has 2 rings (SSSR count). The first-order valence-corrected chi connectivity index (χ1v) is 6.26. The summed E-state index contributed by atoms with van der Waals surface area (Å²) in [4.78, 5) is 20.5. The first-order chi connectivity index (χ1) is 10.9. The van der Waals surface area contributed by atoms with Gasteiger partial charge in [-0.25, -0.2) is 0 Å². The molecule has 0 radical (unpaired) electrons. The van der Waals surface area contributed by atoms with E-state index in [1.54, 1.807) is 0 Å². The summed E-state index contributed by atoms with van der Waals surface area (Å²) in [5.41, 5.74) is -0.213. The first kappa shape index (κ1) is 15.7. The molecule has 1 N–H and O–H groups in total. The largest absolute Gasteiger partial charge is 0.508 e. The van der Waals surface area contributed by atoms with Crippen molar-refractivity contribution in [2.24, 2.45) is 0 Å². The van der Waals surface area contributed by atoms with E-state index in [0.29, 0.717) is 0 Å². The summed E-state index contributed by atoms with van der Waals surface area (Å²) in [6.45, 7) is 0. The lowest BCUT2D eigenvalue weighted by Gasteiger charge is -2.02. The van der Waals surface area contributed by atoms with Crippen molar-refractivity contribution < 1.29 is 15.0 Å². The molecular weight excluding hydrogens is 302 g/mol. The number of allylic oxidation sites excluding steroid dienone is 1. The molecule has 8 nitrogen and oxygen atoms in total. The van der Waals surface area contributed by atoms with Gasteiger partial charge in [0.1, 0.15) is 5.75 Å². The van der Waals surface area contributed by atoms with E-state index < -0.39 is 9.85 Å². The standard InChI is InChI=1S/C15H9N3O5/c16-9-12(10-2-1-3-13(7-10)17(20)21)6-11-8-14(19)4-5-15(11)18(22)23/h1-8,19H. The highest BCUT2D eigenvalue weighted by Gasteiger charge is 2.15. The first-order valence-electron chi connectivity index (χ1n) is 6.26. The van der Waals surface area contributed by atoms with E-state index in [-0.39, 0.29) is 33.8 Å². The molecule has 0 fully saturated rings. The van der Waals surface area contributed by atoms with Crippen LogP contribution in [0, 0.1) is 31.6 Å². The van der Waals surface area contributed by atoms with E-state index in [1.807, 2.05) is 6.07 Å². The summed E-state index contributed by atoms with van der Waals surface area (Å²) in [6.07, 6.45) is 1.21. The van der Waals surface area contributed by atoms with Gasteiger partial charge in [0, 0.05) is 18.2 Å². The van der Waals surface area contributed by atoms with Crippen molar-refractivity contribution in [3.05, 3.63) is 73.8 Å². The maximum absolute atomic E-state index is 11.0. The molecule has 0 saturated carbocycles. The highest BCUT2D eigenvalue weighted by Crippen LogP contribution is 2.28. The Labute approximate surface area is 129 Å². The van der Waals surface area contributed by atoms with Crippen LogP contribution < -0.4 is 0 Å². The van der Waals surface area contributed by atoms with Gasteiger partial charge in [0.05, 0.1) is 27.1 Å². The van der Waals surface area contributed by atoms with Gasteiger partial charge >= 0.3 is 0 Å². The third kappa shape index (κ3) is 3.48. The number of aromatic hydroxyl groups is 1. The fraction of sp³-hybridized carbons (Fsp3) is 0. The predicted octanol–water partition coefficient (Wildman–Crippen LogP) is 3.27. The number of hydrogen-bond donors (Lipinski definition) is 1. The summed E-state index contributed by atoms with van der Waals surface area (Å²) >= 11 is 0. The number of nitro groups is 2. The number of hydrogen-bond acceptors (Lipinski definition) is 6.